The van der Waals surface area contributed by atoms with E-state index >= 15 is 0 Å². The summed E-state index contributed by atoms with van der Waals surface area (Å²) in [6.07, 6.45) is 0. The van der Waals surface area contributed by atoms with Crippen LogP contribution in [0.5, 0.6) is 0 Å². The van der Waals surface area contributed by atoms with E-state index in [2.05, 4.69) is 0 Å². The van der Waals surface area contributed by atoms with Crippen molar-refractivity contribution in [3.8, 4) is 0 Å². The Morgan fingerprint density at radius 1 is 0.750 bits per heavy atom. The van der Waals surface area contributed by atoms with Gasteiger partial charge in [0.25, 0.3) is 0 Å². The fraction of sp³-hybridized carbons (Fsp3) is 0. The molecule has 0 aliphatic rings. The van der Waals surface area contributed by atoms with Gasteiger partial charge in [0, 0.05) is 39.0 Å². The predicted octanol–water partition coefficient (Wildman–Crippen LogP) is -0.230. The molecule has 34 valence electrons. The summed E-state index contributed by atoms with van der Waals surface area (Å²) in [4.78, 5) is 0. The van der Waals surface area contributed by atoms with Crippen LogP contribution in [-0.2, 0) is 82.6 Å². The second kappa shape index (κ2) is 143. The fourth-order valence-electron chi connectivity index (χ4n) is 0. The summed E-state index contributed by atoms with van der Waals surface area (Å²) >= 11 is 0.250. The molecule has 0 radical (unpaired) electrons. The van der Waals surface area contributed by atoms with Gasteiger partial charge in [0.05, 0.1) is 0 Å². The first-order chi connectivity index (χ1) is 3.00. The van der Waals surface area contributed by atoms with Crippen molar-refractivity contribution in [2.75, 3.05) is 0 Å². The van der Waals surface area contributed by atoms with E-state index in [0.29, 0.717) is 0 Å². The van der Waals surface area contributed by atoms with Crippen molar-refractivity contribution < 1.29 is 93.1 Å². The van der Waals surface area contributed by atoms with Gasteiger partial charge in [-0.1, -0.05) is 0 Å². The largest absolute Gasteiger partial charge is 0 e. The zero-order valence-corrected chi connectivity index (χ0v) is 16.4. The van der Waals surface area contributed by atoms with Crippen molar-refractivity contribution in [1.29, 1.82) is 0 Å². The van der Waals surface area contributed by atoms with Gasteiger partial charge >= 0.3 is 43.7 Å². The molecule has 2 N–H and O–H groups in total. The third-order valence-electron chi connectivity index (χ3n) is 0. The van der Waals surface area contributed by atoms with Crippen LogP contribution in [0.4, 0.5) is 0 Å². The van der Waals surface area contributed by atoms with Gasteiger partial charge in [-0.25, -0.2) is 0 Å². The Morgan fingerprint density at radius 2 is 0.750 bits per heavy atom. The van der Waals surface area contributed by atoms with Crippen molar-refractivity contribution in [3.05, 3.63) is 0 Å². The summed E-state index contributed by atoms with van der Waals surface area (Å²) in [5.41, 5.74) is 0. The Morgan fingerprint density at radius 3 is 0.750 bits per heavy atom. The minimum atomic E-state index is 0. The first kappa shape index (κ1) is 32.4. The van der Waals surface area contributed by atoms with E-state index in [1.165, 1.54) is 0 Å². The van der Waals surface area contributed by atoms with E-state index in [-0.39, 0.29) is 75.5 Å². The topological polar surface area (TPSA) is 74.6 Å². The molecule has 0 fully saturated rings. The summed E-state index contributed by atoms with van der Waals surface area (Å²) in [7, 11) is 0. The summed E-state index contributed by atoms with van der Waals surface area (Å²) < 4.78 is 16.8. The summed E-state index contributed by atoms with van der Waals surface area (Å²) in [6.45, 7) is 0. The summed E-state index contributed by atoms with van der Waals surface area (Å²) in [5.74, 6) is 0. The Kier molecular flexibility index (Phi) is 578. The maximum atomic E-state index is 8.38. The zero-order valence-electron chi connectivity index (χ0n) is 4.54. The average Bonchev–Trinajstić information content (AvgIpc) is 1.81. The standard InChI is InChI=1S/H2O2.2O.4Zn/c1-2;;;;;;/h1-2H;;;;;;. The third-order valence-corrected chi connectivity index (χ3v) is 0. The van der Waals surface area contributed by atoms with E-state index in [0.717, 1.165) is 0 Å². The van der Waals surface area contributed by atoms with Crippen LogP contribution in [0.25, 0.3) is 0 Å². The quantitative estimate of drug-likeness (QED) is 0.366. The van der Waals surface area contributed by atoms with Gasteiger partial charge in [0.1, 0.15) is 0 Å². The molecule has 0 aromatic heterocycles. The van der Waals surface area contributed by atoms with Gasteiger partial charge in [-0.2, -0.15) is 0 Å². The molecular formula is H2O4Zn4. The van der Waals surface area contributed by atoms with Crippen LogP contribution in [0.1, 0.15) is 0 Å². The molecule has 8 heavy (non-hydrogen) atoms. The molecule has 0 heterocycles. The van der Waals surface area contributed by atoms with Crippen LogP contribution in [0.15, 0.2) is 0 Å². The normalized spacial score (nSPS) is 2.25. The van der Waals surface area contributed by atoms with Crippen LogP contribution in [0.3, 0.4) is 0 Å². The second-order valence-electron chi connectivity index (χ2n) is 0. The third kappa shape index (κ3) is 97.2. The molecule has 0 unspecified atom stereocenters. The van der Waals surface area contributed by atoms with Crippen LogP contribution in [0, 0.1) is 0 Å². The number of hydrogen-bond donors (Lipinski definition) is 2. The maximum absolute atomic E-state index is 8.38. The molecule has 0 aromatic carbocycles. The molecule has 0 aliphatic heterocycles. The van der Waals surface area contributed by atoms with E-state index in [4.69, 9.17) is 17.7 Å². The van der Waals surface area contributed by atoms with Gasteiger partial charge in [0.2, 0.25) is 0 Å². The van der Waals surface area contributed by atoms with Crippen molar-refractivity contribution in [1.82, 2.24) is 0 Å². The van der Waals surface area contributed by atoms with Crippen LogP contribution in [-0.4, -0.2) is 10.5 Å². The first-order valence-corrected chi connectivity index (χ1v) is 3.20. The molecule has 8 heteroatoms. The maximum Gasteiger partial charge on any atom is 0 e. The molecule has 0 aliphatic carbocycles. The van der Waals surface area contributed by atoms with Gasteiger partial charge < -0.3 is 0 Å². The average molecular weight is 328 g/mol. The van der Waals surface area contributed by atoms with E-state index in [9.17, 15) is 0 Å². The molecule has 0 saturated carbocycles. The van der Waals surface area contributed by atoms with E-state index in [1.54, 1.807) is 0 Å². The molecule has 0 atom stereocenters. The fourth-order valence-corrected chi connectivity index (χ4v) is 0. The van der Waals surface area contributed by atoms with Crippen molar-refractivity contribution in [2.45, 2.75) is 0 Å². The molecule has 0 aromatic rings. The second-order valence-corrected chi connectivity index (χ2v) is 0. The summed E-state index contributed by atoms with van der Waals surface area (Å²) in [5, 5.41) is 12.0. The molecule has 0 amide bonds. The zero-order chi connectivity index (χ0) is 6.00. The monoisotopic (exact) mass is 322 g/mol. The van der Waals surface area contributed by atoms with Gasteiger partial charge in [-0.15, -0.1) is 0 Å². The molecular weight excluding hydrogens is 326 g/mol. The predicted molar refractivity (Wildman–Crippen MR) is 6.63 cm³/mol. The Hall–Kier alpha value is 2.01. The van der Waals surface area contributed by atoms with Gasteiger partial charge in [0.15, 0.2) is 0 Å². The van der Waals surface area contributed by atoms with Crippen molar-refractivity contribution in [3.63, 3.8) is 0 Å². The Labute approximate surface area is 92.1 Å². The molecule has 0 rings (SSSR count). The van der Waals surface area contributed by atoms with Crippen LogP contribution >= 0.6 is 0 Å². The minimum Gasteiger partial charge on any atom is 0 e. The first-order valence-electron chi connectivity index (χ1n) is 0.777. The number of hydrogen-bond acceptors (Lipinski definition) is 4. The summed E-state index contributed by atoms with van der Waals surface area (Å²) in [6, 6.07) is 0. The van der Waals surface area contributed by atoms with Gasteiger partial charge in [-0.3, -0.25) is 10.5 Å². The smallest absolute Gasteiger partial charge is 0 e. The van der Waals surface area contributed by atoms with E-state index in [1.807, 2.05) is 0 Å². The molecule has 0 bridgehead atoms. The molecule has 0 saturated heterocycles. The Bertz CT molecular complexity index is 10.0. The van der Waals surface area contributed by atoms with Crippen LogP contribution < -0.4 is 0 Å². The SMILES string of the molecule is OO.[O]=[Zn].[O]=[Zn].[Zn].[Zn]. The minimum absolute atomic E-state index is 0. The van der Waals surface area contributed by atoms with Gasteiger partial charge in [-0.05, 0) is 0 Å². The van der Waals surface area contributed by atoms with Crippen molar-refractivity contribution in [2.24, 2.45) is 0 Å². The van der Waals surface area contributed by atoms with Crippen molar-refractivity contribution >= 4 is 0 Å². The molecule has 0 spiro atoms. The van der Waals surface area contributed by atoms with E-state index < -0.39 is 0 Å². The number of rotatable bonds is 0. The van der Waals surface area contributed by atoms with Crippen LogP contribution in [0.2, 0.25) is 0 Å². The molecule has 4 nitrogen and oxygen atoms in total. The Balaban J connectivity index is -0.00000000500.